The number of rotatable bonds is 7. The third-order valence-corrected chi connectivity index (χ3v) is 3.80. The van der Waals surface area contributed by atoms with Gasteiger partial charge in [-0.1, -0.05) is 11.6 Å². The minimum atomic E-state index is -0.482. The number of hydrogen-bond acceptors (Lipinski definition) is 4. The number of anilines is 3. The second kappa shape index (κ2) is 9.10. The van der Waals surface area contributed by atoms with Gasteiger partial charge in [-0.3, -0.25) is 9.59 Å². The van der Waals surface area contributed by atoms with E-state index in [-0.39, 0.29) is 11.8 Å². The van der Waals surface area contributed by atoms with E-state index in [9.17, 15) is 9.59 Å². The third-order valence-electron chi connectivity index (χ3n) is 3.49. The number of carbonyl (C=O) groups excluding carboxylic acids is 2. The molecule has 0 saturated carbocycles. The summed E-state index contributed by atoms with van der Waals surface area (Å²) in [6, 6.07) is 11.8. The van der Waals surface area contributed by atoms with Gasteiger partial charge < -0.3 is 20.7 Å². The van der Waals surface area contributed by atoms with Crippen molar-refractivity contribution in [3.05, 3.63) is 47.5 Å². The Balaban J connectivity index is 1.96. The van der Waals surface area contributed by atoms with Crippen LogP contribution < -0.4 is 20.7 Å². The largest absolute Gasteiger partial charge is 0.494 e. The molecule has 138 valence electrons. The van der Waals surface area contributed by atoms with Crippen molar-refractivity contribution in [1.29, 1.82) is 0 Å². The standard InChI is InChI=1S/C19H22ClN3O3/c1-4-26-16-8-5-14(6-9-16)23-19(25)12(2)21-15-7-10-18(17(20)11-15)22-13(3)24/h5-12,21H,4H2,1-3H3,(H,22,24)(H,23,25)/t12-/m1/s1. The maximum atomic E-state index is 12.3. The van der Waals surface area contributed by atoms with Crippen LogP contribution in [0.5, 0.6) is 5.75 Å². The van der Waals surface area contributed by atoms with Gasteiger partial charge in [0, 0.05) is 18.3 Å². The van der Waals surface area contributed by atoms with Crippen LogP contribution in [0.4, 0.5) is 17.1 Å². The molecule has 1 atom stereocenters. The average Bonchev–Trinajstić information content (AvgIpc) is 2.59. The fourth-order valence-corrected chi connectivity index (χ4v) is 2.49. The van der Waals surface area contributed by atoms with Crippen LogP contribution >= 0.6 is 11.6 Å². The zero-order valence-electron chi connectivity index (χ0n) is 14.9. The summed E-state index contributed by atoms with van der Waals surface area (Å²) < 4.78 is 5.37. The van der Waals surface area contributed by atoms with E-state index >= 15 is 0 Å². The van der Waals surface area contributed by atoms with Crippen LogP contribution in [0.15, 0.2) is 42.5 Å². The number of benzene rings is 2. The molecule has 7 heteroatoms. The SMILES string of the molecule is CCOc1ccc(NC(=O)[C@@H](C)Nc2ccc(NC(C)=O)c(Cl)c2)cc1. The molecule has 6 nitrogen and oxygen atoms in total. The van der Waals surface area contributed by atoms with Crippen molar-refractivity contribution in [3.8, 4) is 5.75 Å². The molecule has 0 radical (unpaired) electrons. The number of amides is 2. The molecular formula is C19H22ClN3O3. The summed E-state index contributed by atoms with van der Waals surface area (Å²) in [5, 5.41) is 8.94. The number of nitrogens with one attached hydrogen (secondary N) is 3. The summed E-state index contributed by atoms with van der Waals surface area (Å²) in [5.74, 6) is 0.373. The van der Waals surface area contributed by atoms with Gasteiger partial charge in [0.15, 0.2) is 0 Å². The van der Waals surface area contributed by atoms with Gasteiger partial charge in [-0.15, -0.1) is 0 Å². The molecule has 26 heavy (non-hydrogen) atoms. The first-order valence-corrected chi connectivity index (χ1v) is 8.64. The van der Waals surface area contributed by atoms with Gasteiger partial charge in [-0.2, -0.15) is 0 Å². The fraction of sp³-hybridized carbons (Fsp3) is 0.263. The Morgan fingerprint density at radius 1 is 1.08 bits per heavy atom. The molecule has 2 aromatic carbocycles. The minimum Gasteiger partial charge on any atom is -0.494 e. The van der Waals surface area contributed by atoms with E-state index in [1.807, 2.05) is 6.92 Å². The van der Waals surface area contributed by atoms with Crippen molar-refractivity contribution < 1.29 is 14.3 Å². The first-order chi connectivity index (χ1) is 12.4. The highest BCUT2D eigenvalue weighted by atomic mass is 35.5. The van der Waals surface area contributed by atoms with Crippen LogP contribution in [0.1, 0.15) is 20.8 Å². The summed E-state index contributed by atoms with van der Waals surface area (Å²) in [6.45, 7) is 5.67. The topological polar surface area (TPSA) is 79.5 Å². The van der Waals surface area contributed by atoms with Gasteiger partial charge in [0.25, 0.3) is 0 Å². The Hall–Kier alpha value is -2.73. The van der Waals surface area contributed by atoms with E-state index in [4.69, 9.17) is 16.3 Å². The molecule has 0 bridgehead atoms. The Kier molecular flexibility index (Phi) is 6.86. The lowest BCUT2D eigenvalue weighted by Gasteiger charge is -2.16. The molecule has 0 heterocycles. The molecule has 0 aliphatic heterocycles. The zero-order valence-corrected chi connectivity index (χ0v) is 15.7. The highest BCUT2D eigenvalue weighted by molar-refractivity contribution is 6.34. The van der Waals surface area contributed by atoms with E-state index in [1.165, 1.54) is 6.92 Å². The first-order valence-electron chi connectivity index (χ1n) is 8.26. The molecule has 0 aliphatic carbocycles. The number of hydrogen-bond donors (Lipinski definition) is 3. The normalized spacial score (nSPS) is 11.4. The summed E-state index contributed by atoms with van der Waals surface area (Å²) in [5.41, 5.74) is 1.89. The maximum Gasteiger partial charge on any atom is 0.246 e. The third kappa shape index (κ3) is 5.67. The van der Waals surface area contributed by atoms with Gasteiger partial charge in [0.2, 0.25) is 11.8 Å². The molecule has 2 rings (SSSR count). The molecule has 2 amide bonds. The van der Waals surface area contributed by atoms with Gasteiger partial charge in [-0.05, 0) is 56.3 Å². The van der Waals surface area contributed by atoms with Crippen molar-refractivity contribution in [1.82, 2.24) is 0 Å². The van der Waals surface area contributed by atoms with Crippen LogP contribution in [0.2, 0.25) is 5.02 Å². The molecule has 0 saturated heterocycles. The van der Waals surface area contributed by atoms with Crippen molar-refractivity contribution in [3.63, 3.8) is 0 Å². The predicted molar refractivity (Wildman–Crippen MR) is 105 cm³/mol. The van der Waals surface area contributed by atoms with Crippen molar-refractivity contribution >= 4 is 40.5 Å². The van der Waals surface area contributed by atoms with Crippen LogP contribution in [-0.4, -0.2) is 24.5 Å². The number of halogens is 1. The Morgan fingerprint density at radius 3 is 2.31 bits per heavy atom. The van der Waals surface area contributed by atoms with Gasteiger partial charge in [0.05, 0.1) is 17.3 Å². The van der Waals surface area contributed by atoms with E-state index < -0.39 is 6.04 Å². The molecule has 3 N–H and O–H groups in total. The van der Waals surface area contributed by atoms with Gasteiger partial charge in [0.1, 0.15) is 11.8 Å². The lowest BCUT2D eigenvalue weighted by Crippen LogP contribution is -2.31. The van der Waals surface area contributed by atoms with Gasteiger partial charge >= 0.3 is 0 Å². The van der Waals surface area contributed by atoms with E-state index in [0.29, 0.717) is 28.7 Å². The monoisotopic (exact) mass is 375 g/mol. The number of ether oxygens (including phenoxy) is 1. The second-order valence-electron chi connectivity index (χ2n) is 5.69. The summed E-state index contributed by atoms with van der Waals surface area (Å²) in [7, 11) is 0. The van der Waals surface area contributed by atoms with Crippen LogP contribution in [0.25, 0.3) is 0 Å². The highest BCUT2D eigenvalue weighted by Crippen LogP contribution is 2.26. The van der Waals surface area contributed by atoms with Crippen molar-refractivity contribution in [2.24, 2.45) is 0 Å². The minimum absolute atomic E-state index is 0.184. The summed E-state index contributed by atoms with van der Waals surface area (Å²) in [4.78, 5) is 23.4. The van der Waals surface area contributed by atoms with E-state index in [0.717, 1.165) is 5.75 Å². The van der Waals surface area contributed by atoms with Crippen molar-refractivity contribution in [2.45, 2.75) is 26.8 Å². The maximum absolute atomic E-state index is 12.3. The van der Waals surface area contributed by atoms with Crippen LogP contribution in [0, 0.1) is 0 Å². The second-order valence-corrected chi connectivity index (χ2v) is 6.10. The zero-order chi connectivity index (χ0) is 19.1. The molecule has 0 fully saturated rings. The molecule has 0 aliphatic rings. The smallest absolute Gasteiger partial charge is 0.246 e. The molecule has 0 aromatic heterocycles. The molecule has 0 spiro atoms. The molecule has 2 aromatic rings. The summed E-state index contributed by atoms with van der Waals surface area (Å²) >= 11 is 6.14. The van der Waals surface area contributed by atoms with Crippen LogP contribution in [-0.2, 0) is 9.59 Å². The highest BCUT2D eigenvalue weighted by Gasteiger charge is 2.14. The lowest BCUT2D eigenvalue weighted by atomic mass is 10.2. The van der Waals surface area contributed by atoms with E-state index in [1.54, 1.807) is 49.4 Å². The Labute approximate surface area is 157 Å². The predicted octanol–water partition coefficient (Wildman–Crippen LogP) is 4.14. The molecule has 0 unspecified atom stereocenters. The number of carbonyl (C=O) groups is 2. The molecular weight excluding hydrogens is 354 g/mol. The van der Waals surface area contributed by atoms with E-state index in [2.05, 4.69) is 16.0 Å². The quantitative estimate of drug-likeness (QED) is 0.679. The fourth-order valence-electron chi connectivity index (χ4n) is 2.26. The van der Waals surface area contributed by atoms with Crippen molar-refractivity contribution in [2.75, 3.05) is 22.6 Å². The van der Waals surface area contributed by atoms with Gasteiger partial charge in [-0.25, -0.2) is 0 Å². The lowest BCUT2D eigenvalue weighted by molar-refractivity contribution is -0.116. The van der Waals surface area contributed by atoms with Crippen LogP contribution in [0.3, 0.4) is 0 Å². The Bertz CT molecular complexity index is 778. The first kappa shape index (κ1) is 19.6. The summed E-state index contributed by atoms with van der Waals surface area (Å²) in [6.07, 6.45) is 0. The Morgan fingerprint density at radius 2 is 1.73 bits per heavy atom. The average molecular weight is 376 g/mol.